The standard InChI is InChI=1S/C12H18N4O3/c1-8(7-19-2)5-15-12(17)10-4-3-9(6-14-10)11(13)16-18/h3-4,6,8,18H,5,7H2,1-2H3,(H2,13,16)(H,15,17). The molecule has 0 saturated carbocycles. The van der Waals surface area contributed by atoms with Gasteiger partial charge in [0.2, 0.25) is 0 Å². The van der Waals surface area contributed by atoms with Gasteiger partial charge in [0.1, 0.15) is 5.69 Å². The van der Waals surface area contributed by atoms with E-state index in [9.17, 15) is 4.79 Å². The molecule has 1 aromatic rings. The van der Waals surface area contributed by atoms with Crippen molar-refractivity contribution in [2.75, 3.05) is 20.3 Å². The van der Waals surface area contributed by atoms with Gasteiger partial charge in [0.05, 0.1) is 6.61 Å². The van der Waals surface area contributed by atoms with Crippen LogP contribution in [0, 0.1) is 5.92 Å². The maximum Gasteiger partial charge on any atom is 0.269 e. The Morgan fingerprint density at radius 1 is 1.63 bits per heavy atom. The first-order valence-corrected chi connectivity index (χ1v) is 5.79. The van der Waals surface area contributed by atoms with Gasteiger partial charge in [-0.05, 0) is 18.1 Å². The highest BCUT2D eigenvalue weighted by molar-refractivity contribution is 5.98. The van der Waals surface area contributed by atoms with Gasteiger partial charge in [-0.1, -0.05) is 12.1 Å². The van der Waals surface area contributed by atoms with Crippen molar-refractivity contribution in [3.8, 4) is 0 Å². The number of hydrogen-bond acceptors (Lipinski definition) is 5. The van der Waals surface area contributed by atoms with Crippen LogP contribution < -0.4 is 11.1 Å². The number of nitrogens with two attached hydrogens (primary N) is 1. The highest BCUT2D eigenvalue weighted by Crippen LogP contribution is 2.01. The Morgan fingerprint density at radius 3 is 2.89 bits per heavy atom. The molecule has 0 saturated heterocycles. The van der Waals surface area contributed by atoms with Crippen molar-refractivity contribution in [3.63, 3.8) is 0 Å². The van der Waals surface area contributed by atoms with Gasteiger partial charge in [-0.15, -0.1) is 0 Å². The average Bonchev–Trinajstić information content (AvgIpc) is 2.44. The van der Waals surface area contributed by atoms with E-state index in [1.807, 2.05) is 6.92 Å². The van der Waals surface area contributed by atoms with Crippen LogP contribution in [-0.4, -0.2) is 42.2 Å². The first-order valence-electron chi connectivity index (χ1n) is 5.79. The first kappa shape index (κ1) is 14.9. The van der Waals surface area contributed by atoms with Crippen molar-refractivity contribution in [3.05, 3.63) is 29.6 Å². The average molecular weight is 266 g/mol. The molecule has 1 heterocycles. The zero-order valence-corrected chi connectivity index (χ0v) is 11.0. The molecular weight excluding hydrogens is 248 g/mol. The highest BCUT2D eigenvalue weighted by Gasteiger charge is 2.09. The van der Waals surface area contributed by atoms with E-state index in [4.69, 9.17) is 15.7 Å². The quantitative estimate of drug-likeness (QED) is 0.294. The molecule has 0 aromatic carbocycles. The molecule has 0 spiro atoms. The van der Waals surface area contributed by atoms with Crippen molar-refractivity contribution >= 4 is 11.7 Å². The van der Waals surface area contributed by atoms with E-state index in [0.717, 1.165) is 0 Å². The van der Waals surface area contributed by atoms with E-state index in [0.29, 0.717) is 18.7 Å². The van der Waals surface area contributed by atoms with Crippen molar-refractivity contribution < 1.29 is 14.7 Å². The normalized spacial score (nSPS) is 13.1. The maximum absolute atomic E-state index is 11.8. The number of rotatable bonds is 6. The van der Waals surface area contributed by atoms with Gasteiger partial charge in [0.15, 0.2) is 5.84 Å². The summed E-state index contributed by atoms with van der Waals surface area (Å²) in [7, 11) is 1.62. The summed E-state index contributed by atoms with van der Waals surface area (Å²) >= 11 is 0. The zero-order valence-electron chi connectivity index (χ0n) is 11.0. The number of methoxy groups -OCH3 is 1. The highest BCUT2D eigenvalue weighted by atomic mass is 16.5. The third kappa shape index (κ3) is 4.55. The molecule has 19 heavy (non-hydrogen) atoms. The zero-order chi connectivity index (χ0) is 14.3. The molecule has 0 aliphatic rings. The largest absolute Gasteiger partial charge is 0.409 e. The molecule has 1 atom stereocenters. The molecule has 0 aliphatic heterocycles. The number of aromatic nitrogens is 1. The Hall–Kier alpha value is -2.15. The SMILES string of the molecule is COCC(C)CNC(=O)c1ccc(C(N)=NO)cn1. The minimum atomic E-state index is -0.269. The summed E-state index contributed by atoms with van der Waals surface area (Å²) in [4.78, 5) is 15.7. The number of amides is 1. The number of amidine groups is 1. The Kier molecular flexibility index (Phi) is 5.74. The smallest absolute Gasteiger partial charge is 0.269 e. The van der Waals surface area contributed by atoms with E-state index < -0.39 is 0 Å². The lowest BCUT2D eigenvalue weighted by molar-refractivity contribution is 0.0929. The fourth-order valence-electron chi connectivity index (χ4n) is 1.44. The van der Waals surface area contributed by atoms with Crippen LogP contribution in [0.15, 0.2) is 23.5 Å². The summed E-state index contributed by atoms with van der Waals surface area (Å²) in [5.74, 6) is -0.0902. The molecule has 0 aliphatic carbocycles. The molecule has 7 heteroatoms. The Balaban J connectivity index is 2.58. The van der Waals surface area contributed by atoms with E-state index in [-0.39, 0.29) is 23.4 Å². The van der Waals surface area contributed by atoms with Gasteiger partial charge in [-0.25, -0.2) is 0 Å². The number of nitrogens with zero attached hydrogens (tertiary/aromatic N) is 2. The van der Waals surface area contributed by atoms with Crippen molar-refractivity contribution in [2.45, 2.75) is 6.92 Å². The van der Waals surface area contributed by atoms with Gasteiger partial charge in [-0.3, -0.25) is 9.78 Å². The second kappa shape index (κ2) is 7.32. The van der Waals surface area contributed by atoms with E-state index >= 15 is 0 Å². The van der Waals surface area contributed by atoms with Gasteiger partial charge in [0, 0.05) is 25.4 Å². The number of nitrogens with one attached hydrogen (secondary N) is 1. The predicted octanol–water partition coefficient (Wildman–Crippen LogP) is 0.188. The fourth-order valence-corrected chi connectivity index (χ4v) is 1.44. The number of hydrogen-bond donors (Lipinski definition) is 3. The van der Waals surface area contributed by atoms with Crippen LogP contribution in [-0.2, 0) is 4.74 Å². The third-order valence-electron chi connectivity index (χ3n) is 2.46. The van der Waals surface area contributed by atoms with Gasteiger partial charge >= 0.3 is 0 Å². The summed E-state index contributed by atoms with van der Waals surface area (Å²) in [6.07, 6.45) is 1.38. The molecule has 7 nitrogen and oxygen atoms in total. The number of oxime groups is 1. The maximum atomic E-state index is 11.8. The second-order valence-electron chi connectivity index (χ2n) is 4.19. The Bertz CT molecular complexity index is 445. The predicted molar refractivity (Wildman–Crippen MR) is 70.1 cm³/mol. The monoisotopic (exact) mass is 266 g/mol. The lowest BCUT2D eigenvalue weighted by Gasteiger charge is -2.11. The molecule has 1 rings (SSSR count). The third-order valence-corrected chi connectivity index (χ3v) is 2.46. The minimum absolute atomic E-state index is 0.0480. The van der Waals surface area contributed by atoms with E-state index in [1.165, 1.54) is 12.3 Å². The van der Waals surface area contributed by atoms with Crippen LogP contribution in [0.2, 0.25) is 0 Å². The molecule has 0 fully saturated rings. The van der Waals surface area contributed by atoms with Crippen molar-refractivity contribution in [2.24, 2.45) is 16.8 Å². The molecule has 1 aromatic heterocycles. The van der Waals surface area contributed by atoms with Crippen LogP contribution >= 0.6 is 0 Å². The summed E-state index contributed by atoms with van der Waals surface area (Å²) < 4.78 is 4.98. The molecule has 0 bridgehead atoms. The molecule has 1 unspecified atom stereocenters. The number of ether oxygens (including phenoxy) is 1. The van der Waals surface area contributed by atoms with Crippen LogP contribution in [0.3, 0.4) is 0 Å². The van der Waals surface area contributed by atoms with Crippen LogP contribution in [0.4, 0.5) is 0 Å². The van der Waals surface area contributed by atoms with E-state index in [1.54, 1.807) is 13.2 Å². The Labute approximate surface area is 111 Å². The lowest BCUT2D eigenvalue weighted by Crippen LogP contribution is -2.30. The summed E-state index contributed by atoms with van der Waals surface area (Å²) in [6.45, 7) is 3.06. The van der Waals surface area contributed by atoms with Crippen molar-refractivity contribution in [1.29, 1.82) is 0 Å². The molecule has 104 valence electrons. The lowest BCUT2D eigenvalue weighted by atomic mass is 10.2. The first-order chi connectivity index (χ1) is 9.08. The fraction of sp³-hybridized carbons (Fsp3) is 0.417. The van der Waals surface area contributed by atoms with Crippen LogP contribution in [0.25, 0.3) is 0 Å². The molecule has 0 radical (unpaired) electrons. The van der Waals surface area contributed by atoms with E-state index in [2.05, 4.69) is 15.5 Å². The van der Waals surface area contributed by atoms with Gasteiger partial charge in [0.25, 0.3) is 5.91 Å². The summed E-state index contributed by atoms with van der Waals surface area (Å²) in [5.41, 5.74) is 6.13. The topological polar surface area (TPSA) is 110 Å². The van der Waals surface area contributed by atoms with Gasteiger partial charge in [-0.2, -0.15) is 0 Å². The van der Waals surface area contributed by atoms with Crippen LogP contribution in [0.1, 0.15) is 23.0 Å². The number of pyridine rings is 1. The van der Waals surface area contributed by atoms with Crippen LogP contribution in [0.5, 0.6) is 0 Å². The van der Waals surface area contributed by atoms with Crippen molar-refractivity contribution in [1.82, 2.24) is 10.3 Å². The second-order valence-corrected chi connectivity index (χ2v) is 4.19. The number of carbonyl (C=O) groups excluding carboxylic acids is 1. The summed E-state index contributed by atoms with van der Waals surface area (Å²) in [6, 6.07) is 3.08. The minimum Gasteiger partial charge on any atom is -0.409 e. The molecule has 1 amide bonds. The van der Waals surface area contributed by atoms with Gasteiger partial charge < -0.3 is 21.0 Å². The molecule has 4 N–H and O–H groups in total. The number of carbonyl (C=O) groups is 1. The summed E-state index contributed by atoms with van der Waals surface area (Å²) in [5, 5.41) is 14.1. The Morgan fingerprint density at radius 2 is 2.37 bits per heavy atom. The molecular formula is C12H18N4O3.